The third-order valence-electron chi connectivity index (χ3n) is 9.54. The van der Waals surface area contributed by atoms with Crippen LogP contribution in [-0.4, -0.2) is 33.6 Å². The molecule has 0 saturated heterocycles. The van der Waals surface area contributed by atoms with Crippen molar-refractivity contribution in [2.24, 2.45) is 15.9 Å². The molecule has 0 unspecified atom stereocenters. The van der Waals surface area contributed by atoms with Gasteiger partial charge in [-0.1, -0.05) is 120 Å². The molecule has 0 fully saturated rings. The first-order valence-corrected chi connectivity index (χ1v) is 18.8. The molecule has 0 saturated carbocycles. The molecule has 6 aromatic rings. The van der Waals surface area contributed by atoms with Crippen molar-refractivity contribution in [1.82, 2.24) is 15.6 Å². The van der Waals surface area contributed by atoms with E-state index in [-0.39, 0.29) is 30.3 Å². The molecular weight excluding hydrogens is 717 g/mol. The Bertz CT molecular complexity index is 2370. The summed E-state index contributed by atoms with van der Waals surface area (Å²) in [6, 6.07) is 31.6. The van der Waals surface area contributed by atoms with Crippen molar-refractivity contribution < 1.29 is 13.8 Å². The van der Waals surface area contributed by atoms with Crippen molar-refractivity contribution in [2.45, 2.75) is 66.2 Å². The number of aryl methyl sites for hydroxylation is 2. The minimum Gasteiger partial charge on any atom is -0.358 e. The van der Waals surface area contributed by atoms with Crippen LogP contribution in [0.3, 0.4) is 0 Å². The van der Waals surface area contributed by atoms with Crippen LogP contribution in [0.15, 0.2) is 116 Å². The van der Waals surface area contributed by atoms with Gasteiger partial charge in [-0.15, -0.1) is 0 Å². The lowest BCUT2D eigenvalue weighted by Crippen LogP contribution is -2.27. The minimum atomic E-state index is -0.413. The molecule has 54 heavy (non-hydrogen) atoms. The highest BCUT2D eigenvalue weighted by Gasteiger charge is 2.33. The summed E-state index contributed by atoms with van der Waals surface area (Å²) in [4.78, 5) is 22.6. The zero-order valence-corrected chi connectivity index (χ0v) is 32.5. The highest BCUT2D eigenvalue weighted by molar-refractivity contribution is 6.31. The van der Waals surface area contributed by atoms with Gasteiger partial charge in [0.25, 0.3) is 0 Å². The van der Waals surface area contributed by atoms with Crippen molar-refractivity contribution in [1.29, 1.82) is 0 Å². The van der Waals surface area contributed by atoms with Crippen molar-refractivity contribution in [3.05, 3.63) is 152 Å². The molecule has 274 valence electrons. The minimum absolute atomic E-state index is 0.0627. The van der Waals surface area contributed by atoms with Crippen LogP contribution in [0.25, 0.3) is 22.3 Å². The zero-order valence-electron chi connectivity index (χ0n) is 31.0. The Morgan fingerprint density at radius 2 is 1.09 bits per heavy atom. The van der Waals surface area contributed by atoms with E-state index in [1.807, 2.05) is 107 Å². The van der Waals surface area contributed by atoms with E-state index in [0.29, 0.717) is 15.8 Å². The molecule has 10 heteroatoms. The first kappa shape index (κ1) is 37.2. The number of hydrogen-bond donors (Lipinski definition) is 1. The van der Waals surface area contributed by atoms with Crippen molar-refractivity contribution in [2.75, 3.05) is 0 Å². The molecule has 8 nitrogen and oxygen atoms in total. The van der Waals surface area contributed by atoms with Crippen LogP contribution >= 0.6 is 23.2 Å². The van der Waals surface area contributed by atoms with E-state index < -0.39 is 6.04 Å². The third kappa shape index (κ3) is 7.47. The Kier molecular flexibility index (Phi) is 10.8. The highest BCUT2D eigenvalue weighted by Crippen LogP contribution is 2.42. The van der Waals surface area contributed by atoms with Crippen LogP contribution in [0.1, 0.15) is 91.5 Å². The number of rotatable bonds is 7. The summed E-state index contributed by atoms with van der Waals surface area (Å²) in [6.07, 6.45) is -0.0195. The quantitative estimate of drug-likeness (QED) is 0.174. The number of Topliss-reactive ketones (excluding diaryl/α,β-unsaturated/α-hetero) is 1. The number of benzene rings is 4. The van der Waals surface area contributed by atoms with E-state index in [4.69, 9.17) is 42.2 Å². The summed E-state index contributed by atoms with van der Waals surface area (Å²) >= 11 is 12.2. The number of nitrogens with zero attached hydrogens (tertiary/aromatic N) is 4. The van der Waals surface area contributed by atoms with Crippen molar-refractivity contribution in [3.63, 3.8) is 0 Å². The monoisotopic (exact) mass is 757 g/mol. The van der Waals surface area contributed by atoms with E-state index in [2.05, 4.69) is 47.7 Å². The fourth-order valence-corrected chi connectivity index (χ4v) is 7.12. The molecule has 2 aliphatic rings. The lowest BCUT2D eigenvalue weighted by molar-refractivity contribution is -0.122. The lowest BCUT2D eigenvalue weighted by atomic mass is 9.92. The van der Waals surface area contributed by atoms with Gasteiger partial charge in [-0.05, 0) is 63.1 Å². The first-order valence-electron chi connectivity index (χ1n) is 18.1. The molecule has 2 aliphatic heterocycles. The average Bonchev–Trinajstić information content (AvgIpc) is 3.66. The van der Waals surface area contributed by atoms with Gasteiger partial charge in [-0.3, -0.25) is 20.1 Å². The van der Waals surface area contributed by atoms with Crippen LogP contribution in [0, 0.1) is 19.8 Å². The van der Waals surface area contributed by atoms with Crippen molar-refractivity contribution in [3.8, 4) is 22.3 Å². The number of carbonyl (C=O) groups is 1. The predicted molar refractivity (Wildman–Crippen MR) is 216 cm³/mol. The van der Waals surface area contributed by atoms with Gasteiger partial charge >= 0.3 is 0 Å². The molecule has 2 atom stereocenters. The second-order valence-corrected chi connectivity index (χ2v) is 15.0. The molecule has 4 heterocycles. The second-order valence-electron chi connectivity index (χ2n) is 14.1. The van der Waals surface area contributed by atoms with Gasteiger partial charge in [0, 0.05) is 50.7 Å². The Hall–Kier alpha value is -5.15. The Balaban J connectivity index is 0.000000167. The number of fused-ring (bicyclic) bond motifs is 6. The number of aliphatic imine (C=N–C) groups is 2. The van der Waals surface area contributed by atoms with Gasteiger partial charge in [0.15, 0.2) is 17.7 Å². The summed E-state index contributed by atoms with van der Waals surface area (Å²) in [7, 11) is 0. The van der Waals surface area contributed by atoms with Gasteiger partial charge in [0.05, 0.1) is 33.9 Å². The number of nitrogens with one attached hydrogen (secondary N) is 1. The molecule has 2 aromatic heterocycles. The molecule has 4 aromatic carbocycles. The van der Waals surface area contributed by atoms with E-state index in [1.165, 1.54) is 0 Å². The molecular formula is C44H41Cl2N5O3. The molecule has 0 bridgehead atoms. The Labute approximate surface area is 325 Å². The first-order chi connectivity index (χ1) is 26.0. The number of hydrogen-bond acceptors (Lipinski definition) is 8. The maximum atomic E-state index is 12.6. The molecule has 1 N–H and O–H groups in total. The summed E-state index contributed by atoms with van der Waals surface area (Å²) < 4.78 is 11.4. The molecule has 8 rings (SSSR count). The topological polar surface area (TPSA) is 106 Å². The van der Waals surface area contributed by atoms with Crippen molar-refractivity contribution >= 4 is 40.4 Å². The van der Waals surface area contributed by atoms with Gasteiger partial charge in [-0.2, -0.15) is 0 Å². The summed E-state index contributed by atoms with van der Waals surface area (Å²) in [5.41, 5.74) is 11.5. The van der Waals surface area contributed by atoms with E-state index in [0.717, 1.165) is 73.1 Å². The SMILES string of the molecule is Cc1noc2c1-c1ccccc1C(c1ccc(Cl)cc1)=N[C@H]2CC(=O)C(C)C.Cc1noc2c1-c1ccccc1C(c1ccc(Cl)cc1)=N[C@H]2NC(C)C. The number of halogens is 2. The fourth-order valence-electron chi connectivity index (χ4n) is 6.87. The number of carbonyl (C=O) groups excluding carboxylic acids is 1. The summed E-state index contributed by atoms with van der Waals surface area (Å²) in [5.74, 6) is 1.50. The number of aromatic nitrogens is 2. The Morgan fingerprint density at radius 1 is 0.648 bits per heavy atom. The zero-order chi connectivity index (χ0) is 38.1. The number of ketones is 1. The fraction of sp³-hybridized carbons (Fsp3) is 0.250. The molecule has 0 aliphatic carbocycles. The van der Waals surface area contributed by atoms with E-state index in [1.54, 1.807) is 0 Å². The van der Waals surface area contributed by atoms with Crippen LogP contribution < -0.4 is 5.32 Å². The normalized spacial score (nSPS) is 15.8. The Morgan fingerprint density at radius 3 is 1.57 bits per heavy atom. The average molecular weight is 759 g/mol. The van der Waals surface area contributed by atoms with Gasteiger partial charge in [0.2, 0.25) is 0 Å². The largest absolute Gasteiger partial charge is 0.358 e. The van der Waals surface area contributed by atoms with Crippen LogP contribution in [-0.2, 0) is 4.79 Å². The van der Waals surface area contributed by atoms with E-state index in [9.17, 15) is 4.79 Å². The smallest absolute Gasteiger partial charge is 0.183 e. The van der Waals surface area contributed by atoms with Crippen LogP contribution in [0.5, 0.6) is 0 Å². The summed E-state index contributed by atoms with van der Waals surface area (Å²) in [6.45, 7) is 11.9. The molecule has 0 radical (unpaired) electrons. The molecule has 0 spiro atoms. The van der Waals surface area contributed by atoms with Crippen LogP contribution in [0.4, 0.5) is 0 Å². The predicted octanol–water partition coefficient (Wildman–Crippen LogP) is 11.0. The van der Waals surface area contributed by atoms with Crippen LogP contribution in [0.2, 0.25) is 10.0 Å². The maximum absolute atomic E-state index is 12.6. The second kappa shape index (κ2) is 15.7. The molecule has 0 amide bonds. The third-order valence-corrected chi connectivity index (χ3v) is 10.0. The summed E-state index contributed by atoms with van der Waals surface area (Å²) in [5, 5.41) is 13.3. The maximum Gasteiger partial charge on any atom is 0.183 e. The highest BCUT2D eigenvalue weighted by atomic mass is 35.5. The lowest BCUT2D eigenvalue weighted by Gasteiger charge is -2.16. The van der Waals surface area contributed by atoms with Gasteiger partial charge < -0.3 is 9.05 Å². The standard InChI is InChI=1S/C23H21ClN2O2.C21H20ClN3O/c1-13(2)20(27)12-19-23-21(14(3)26-28-23)17-6-4-5-7-18(17)22(25-19)15-8-10-16(24)11-9-15;1-12(2)23-21-20-18(13(3)25-26-20)16-6-4-5-7-17(16)19(24-21)14-8-10-15(22)11-9-14/h4-11,13,19H,12H2,1-3H3;4-12,21,23H,1-3H3/t19-;21-/m01/s1. The van der Waals surface area contributed by atoms with Gasteiger partial charge in [0.1, 0.15) is 11.8 Å². The van der Waals surface area contributed by atoms with E-state index >= 15 is 0 Å². The van der Waals surface area contributed by atoms with Gasteiger partial charge in [-0.25, -0.2) is 0 Å².